The minimum Gasteiger partial charge on any atom is -0.364 e. The highest BCUT2D eigenvalue weighted by Gasteiger charge is 2.18. The van der Waals surface area contributed by atoms with E-state index >= 15 is 0 Å². The number of hydrogen-bond donors (Lipinski definition) is 2. The zero-order valence-corrected chi connectivity index (χ0v) is 17.5. The van der Waals surface area contributed by atoms with Crippen molar-refractivity contribution in [1.29, 1.82) is 0 Å². The van der Waals surface area contributed by atoms with Crippen molar-refractivity contribution in [3.8, 4) is 5.69 Å². The second-order valence-corrected chi connectivity index (χ2v) is 8.06. The van der Waals surface area contributed by atoms with Crippen LogP contribution in [-0.4, -0.2) is 30.5 Å². The van der Waals surface area contributed by atoms with Crippen molar-refractivity contribution in [3.63, 3.8) is 0 Å². The number of rotatable bonds is 6. The van der Waals surface area contributed by atoms with Gasteiger partial charge in [0.1, 0.15) is 5.69 Å². The molecular formula is C18H15Cl2N7OS. The Labute approximate surface area is 179 Å². The number of para-hydroxylation sites is 1. The van der Waals surface area contributed by atoms with Gasteiger partial charge >= 0.3 is 0 Å². The van der Waals surface area contributed by atoms with Crippen molar-refractivity contribution in [1.82, 2.24) is 24.5 Å². The number of nitrogens with zero attached hydrogens (tertiary/aromatic N) is 5. The number of nitrogens with two attached hydrogens (primary N) is 1. The van der Waals surface area contributed by atoms with Crippen molar-refractivity contribution in [2.75, 3.05) is 5.32 Å². The summed E-state index contributed by atoms with van der Waals surface area (Å²) in [6, 6.07) is 5.10. The molecule has 4 aromatic rings. The van der Waals surface area contributed by atoms with E-state index in [9.17, 15) is 4.79 Å². The number of thiazole rings is 1. The number of carbonyl (C=O) groups is 1. The lowest BCUT2D eigenvalue weighted by Gasteiger charge is -2.06. The number of primary amides is 1. The van der Waals surface area contributed by atoms with E-state index in [1.54, 1.807) is 52.8 Å². The first-order chi connectivity index (χ1) is 13.9. The molecule has 11 heteroatoms. The van der Waals surface area contributed by atoms with Gasteiger partial charge in [0, 0.05) is 11.6 Å². The highest BCUT2D eigenvalue weighted by molar-refractivity contribution is 7.09. The lowest BCUT2D eigenvalue weighted by atomic mass is 10.3. The number of anilines is 2. The summed E-state index contributed by atoms with van der Waals surface area (Å²) >= 11 is 14.1. The van der Waals surface area contributed by atoms with Crippen molar-refractivity contribution < 1.29 is 4.79 Å². The third-order valence-corrected chi connectivity index (χ3v) is 5.45. The fourth-order valence-electron chi connectivity index (χ4n) is 2.79. The van der Waals surface area contributed by atoms with E-state index in [0.29, 0.717) is 33.7 Å². The Kier molecular flexibility index (Phi) is 5.27. The number of amides is 1. The van der Waals surface area contributed by atoms with Crippen LogP contribution in [0.15, 0.2) is 42.2 Å². The van der Waals surface area contributed by atoms with Gasteiger partial charge < -0.3 is 11.1 Å². The summed E-state index contributed by atoms with van der Waals surface area (Å²) in [4.78, 5) is 16.3. The molecule has 0 atom stereocenters. The van der Waals surface area contributed by atoms with Crippen LogP contribution in [-0.2, 0) is 6.54 Å². The molecule has 148 valence electrons. The van der Waals surface area contributed by atoms with Crippen LogP contribution in [0.3, 0.4) is 0 Å². The number of aromatic nitrogens is 5. The molecule has 3 N–H and O–H groups in total. The fourth-order valence-corrected chi connectivity index (χ4v) is 3.96. The molecule has 0 aliphatic heterocycles. The molecule has 0 saturated carbocycles. The molecule has 1 aromatic carbocycles. The van der Waals surface area contributed by atoms with Gasteiger partial charge in [-0.15, -0.1) is 11.3 Å². The Balaban J connectivity index is 1.62. The van der Waals surface area contributed by atoms with Crippen molar-refractivity contribution in [3.05, 3.63) is 68.6 Å². The van der Waals surface area contributed by atoms with E-state index in [2.05, 4.69) is 20.5 Å². The van der Waals surface area contributed by atoms with Gasteiger partial charge in [-0.2, -0.15) is 10.2 Å². The van der Waals surface area contributed by atoms with Gasteiger partial charge in [0.05, 0.1) is 51.1 Å². The molecule has 8 nitrogen and oxygen atoms in total. The van der Waals surface area contributed by atoms with Crippen LogP contribution in [0.1, 0.15) is 21.2 Å². The van der Waals surface area contributed by atoms with Crippen LogP contribution in [0.2, 0.25) is 10.0 Å². The number of aryl methyl sites for hydroxylation is 1. The standard InChI is InChI=1S/C18H15Cl2N7OS/c1-10-23-12(9-29-10)7-26-6-11(5-22-26)24-15-8-27(25-16(15)18(21)28)17-13(19)3-2-4-14(17)20/h2-6,8-9,24H,7H2,1H3,(H2,21,28). The van der Waals surface area contributed by atoms with Gasteiger partial charge in [0.25, 0.3) is 5.91 Å². The molecule has 0 bridgehead atoms. The number of nitrogens with one attached hydrogen (secondary N) is 1. The van der Waals surface area contributed by atoms with E-state index < -0.39 is 5.91 Å². The van der Waals surface area contributed by atoms with Crippen LogP contribution in [0.25, 0.3) is 5.69 Å². The molecular weight excluding hydrogens is 433 g/mol. The topological polar surface area (TPSA) is 104 Å². The molecule has 4 rings (SSSR count). The number of halogens is 2. The van der Waals surface area contributed by atoms with Crippen molar-refractivity contribution >= 4 is 51.8 Å². The highest BCUT2D eigenvalue weighted by Crippen LogP contribution is 2.30. The Bertz CT molecular complexity index is 1180. The molecule has 0 spiro atoms. The first-order valence-corrected chi connectivity index (χ1v) is 10.1. The van der Waals surface area contributed by atoms with Gasteiger partial charge in [0.15, 0.2) is 5.69 Å². The summed E-state index contributed by atoms with van der Waals surface area (Å²) in [6.07, 6.45) is 5.05. The summed E-state index contributed by atoms with van der Waals surface area (Å²) < 4.78 is 3.17. The van der Waals surface area contributed by atoms with Crippen LogP contribution in [0.5, 0.6) is 0 Å². The van der Waals surface area contributed by atoms with Gasteiger partial charge in [-0.3, -0.25) is 9.48 Å². The predicted octanol–water partition coefficient (Wildman–Crippen LogP) is 4.03. The Hall–Kier alpha value is -2.88. The number of benzene rings is 1. The molecule has 0 fully saturated rings. The average molecular weight is 448 g/mol. The SMILES string of the molecule is Cc1nc(Cn2cc(Nc3cn(-c4c(Cl)cccc4Cl)nc3C(N)=O)cn2)cs1. The third kappa shape index (κ3) is 4.12. The third-order valence-electron chi connectivity index (χ3n) is 4.02. The average Bonchev–Trinajstić information content (AvgIpc) is 3.37. The minimum absolute atomic E-state index is 0.0591. The van der Waals surface area contributed by atoms with Gasteiger partial charge in [-0.1, -0.05) is 29.3 Å². The smallest absolute Gasteiger partial charge is 0.271 e. The summed E-state index contributed by atoms with van der Waals surface area (Å²) in [5.74, 6) is -0.681. The lowest BCUT2D eigenvalue weighted by molar-refractivity contribution is 0.0996. The minimum atomic E-state index is -0.681. The maximum atomic E-state index is 11.9. The van der Waals surface area contributed by atoms with Crippen LogP contribution < -0.4 is 11.1 Å². The maximum absolute atomic E-state index is 11.9. The Morgan fingerprint density at radius 3 is 2.69 bits per heavy atom. The summed E-state index contributed by atoms with van der Waals surface area (Å²) in [6.45, 7) is 2.50. The first-order valence-electron chi connectivity index (χ1n) is 8.45. The molecule has 0 aliphatic carbocycles. The van der Waals surface area contributed by atoms with E-state index in [0.717, 1.165) is 10.7 Å². The van der Waals surface area contributed by atoms with Gasteiger partial charge in [-0.05, 0) is 19.1 Å². The summed E-state index contributed by atoms with van der Waals surface area (Å²) in [5.41, 5.74) is 8.03. The second kappa shape index (κ2) is 7.86. The zero-order valence-electron chi connectivity index (χ0n) is 15.1. The second-order valence-electron chi connectivity index (χ2n) is 6.18. The summed E-state index contributed by atoms with van der Waals surface area (Å²) in [5, 5.41) is 15.5. The molecule has 0 radical (unpaired) electrons. The fraction of sp³-hybridized carbons (Fsp3) is 0.111. The Morgan fingerprint density at radius 1 is 1.28 bits per heavy atom. The van der Waals surface area contributed by atoms with Crippen molar-refractivity contribution in [2.24, 2.45) is 5.73 Å². The molecule has 0 saturated heterocycles. The maximum Gasteiger partial charge on any atom is 0.271 e. The molecule has 3 heterocycles. The monoisotopic (exact) mass is 447 g/mol. The Morgan fingerprint density at radius 2 is 2.03 bits per heavy atom. The quantitative estimate of drug-likeness (QED) is 0.464. The molecule has 0 unspecified atom stereocenters. The molecule has 29 heavy (non-hydrogen) atoms. The van der Waals surface area contributed by atoms with Crippen LogP contribution >= 0.6 is 34.5 Å². The largest absolute Gasteiger partial charge is 0.364 e. The normalized spacial score (nSPS) is 11.0. The van der Waals surface area contributed by atoms with Crippen LogP contribution in [0, 0.1) is 6.92 Å². The van der Waals surface area contributed by atoms with Gasteiger partial charge in [0.2, 0.25) is 0 Å². The van der Waals surface area contributed by atoms with Crippen molar-refractivity contribution in [2.45, 2.75) is 13.5 Å². The van der Waals surface area contributed by atoms with E-state index in [-0.39, 0.29) is 5.69 Å². The first kappa shape index (κ1) is 19.4. The number of carbonyl (C=O) groups excluding carboxylic acids is 1. The van der Waals surface area contributed by atoms with E-state index in [4.69, 9.17) is 28.9 Å². The lowest BCUT2D eigenvalue weighted by Crippen LogP contribution is -2.14. The highest BCUT2D eigenvalue weighted by atomic mass is 35.5. The predicted molar refractivity (Wildman–Crippen MR) is 114 cm³/mol. The van der Waals surface area contributed by atoms with E-state index in [1.165, 1.54) is 4.68 Å². The van der Waals surface area contributed by atoms with E-state index in [1.807, 2.05) is 12.3 Å². The number of hydrogen-bond acceptors (Lipinski definition) is 6. The zero-order chi connectivity index (χ0) is 20.5. The summed E-state index contributed by atoms with van der Waals surface area (Å²) in [7, 11) is 0. The molecule has 3 aromatic heterocycles. The van der Waals surface area contributed by atoms with Crippen LogP contribution in [0.4, 0.5) is 11.4 Å². The molecule has 1 amide bonds. The molecule has 0 aliphatic rings. The van der Waals surface area contributed by atoms with Gasteiger partial charge in [-0.25, -0.2) is 9.67 Å².